The number of hydrogen-bond donors (Lipinski definition) is 0. The highest BCUT2D eigenvalue weighted by atomic mass is 16.5. The van der Waals surface area contributed by atoms with E-state index in [0.29, 0.717) is 13.0 Å². The van der Waals surface area contributed by atoms with E-state index in [1.54, 1.807) is 0 Å². The van der Waals surface area contributed by atoms with Crippen LogP contribution in [0, 0.1) is 0 Å². The van der Waals surface area contributed by atoms with Gasteiger partial charge in [-0.25, -0.2) is 0 Å². The van der Waals surface area contributed by atoms with Crippen LogP contribution in [0.5, 0.6) is 5.75 Å². The molecule has 1 aliphatic heterocycles. The van der Waals surface area contributed by atoms with Crippen molar-refractivity contribution in [2.45, 2.75) is 39.2 Å². The summed E-state index contributed by atoms with van der Waals surface area (Å²) in [5.41, 5.74) is 1.21. The van der Waals surface area contributed by atoms with Crippen LogP contribution < -0.4 is 4.74 Å². The second-order valence-electron chi connectivity index (χ2n) is 4.72. The Morgan fingerprint density at radius 3 is 2.89 bits per heavy atom. The summed E-state index contributed by atoms with van der Waals surface area (Å²) in [5, 5.41) is 0. The number of para-hydroxylation sites is 1. The highest BCUT2D eigenvalue weighted by Gasteiger charge is 2.27. The zero-order chi connectivity index (χ0) is 13.0. The number of amides is 1. The average Bonchev–Trinajstić information content (AvgIpc) is 2.43. The van der Waals surface area contributed by atoms with E-state index in [4.69, 9.17) is 4.74 Å². The fourth-order valence-electron chi connectivity index (χ4n) is 2.47. The van der Waals surface area contributed by atoms with Gasteiger partial charge in [0, 0.05) is 13.0 Å². The standard InChI is InChI=1S/C15H21NO2/c1-3-9-16(15(17)4-2)13-10-12-7-5-6-8-14(12)18-11-13/h5-8,13H,3-4,9-11H2,1-2H3/t13-/m0/s1. The maximum Gasteiger partial charge on any atom is 0.222 e. The van der Waals surface area contributed by atoms with Gasteiger partial charge in [-0.3, -0.25) is 4.79 Å². The van der Waals surface area contributed by atoms with Crippen LogP contribution in [0.25, 0.3) is 0 Å². The molecule has 0 aliphatic carbocycles. The monoisotopic (exact) mass is 247 g/mol. The van der Waals surface area contributed by atoms with Gasteiger partial charge in [-0.15, -0.1) is 0 Å². The molecule has 0 unspecified atom stereocenters. The third kappa shape index (κ3) is 2.66. The van der Waals surface area contributed by atoms with Gasteiger partial charge in [0.05, 0.1) is 6.04 Å². The van der Waals surface area contributed by atoms with Crippen molar-refractivity contribution in [2.24, 2.45) is 0 Å². The number of benzene rings is 1. The first-order valence-electron chi connectivity index (χ1n) is 6.76. The maximum atomic E-state index is 12.0. The van der Waals surface area contributed by atoms with E-state index in [1.807, 2.05) is 30.0 Å². The van der Waals surface area contributed by atoms with Gasteiger partial charge < -0.3 is 9.64 Å². The minimum atomic E-state index is 0.187. The number of ether oxygens (including phenoxy) is 1. The van der Waals surface area contributed by atoms with Crippen LogP contribution in [0.3, 0.4) is 0 Å². The molecule has 3 nitrogen and oxygen atoms in total. The predicted octanol–water partition coefficient (Wildman–Crippen LogP) is 2.64. The Balaban J connectivity index is 2.12. The number of carbonyl (C=O) groups excluding carboxylic acids is 1. The van der Waals surface area contributed by atoms with Gasteiger partial charge in [0.15, 0.2) is 0 Å². The van der Waals surface area contributed by atoms with Crippen molar-refractivity contribution in [2.75, 3.05) is 13.2 Å². The molecule has 3 heteroatoms. The van der Waals surface area contributed by atoms with Gasteiger partial charge in [-0.1, -0.05) is 32.0 Å². The van der Waals surface area contributed by atoms with Crippen molar-refractivity contribution in [3.63, 3.8) is 0 Å². The Hall–Kier alpha value is -1.51. The quantitative estimate of drug-likeness (QED) is 0.818. The smallest absolute Gasteiger partial charge is 0.222 e. The Morgan fingerprint density at radius 2 is 2.17 bits per heavy atom. The molecular weight excluding hydrogens is 226 g/mol. The molecule has 0 bridgehead atoms. The van der Waals surface area contributed by atoms with Crippen LogP contribution in [-0.4, -0.2) is 30.0 Å². The molecule has 1 heterocycles. The van der Waals surface area contributed by atoms with Crippen molar-refractivity contribution in [3.05, 3.63) is 29.8 Å². The van der Waals surface area contributed by atoms with E-state index >= 15 is 0 Å². The second-order valence-corrected chi connectivity index (χ2v) is 4.72. The highest BCUT2D eigenvalue weighted by Crippen LogP contribution is 2.26. The Bertz CT molecular complexity index is 417. The van der Waals surface area contributed by atoms with E-state index in [9.17, 15) is 4.79 Å². The van der Waals surface area contributed by atoms with Gasteiger partial charge in [0.2, 0.25) is 5.91 Å². The van der Waals surface area contributed by atoms with Gasteiger partial charge >= 0.3 is 0 Å². The van der Waals surface area contributed by atoms with Crippen molar-refractivity contribution >= 4 is 5.91 Å². The second kappa shape index (κ2) is 5.89. The van der Waals surface area contributed by atoms with Crippen LogP contribution >= 0.6 is 0 Å². The number of hydrogen-bond acceptors (Lipinski definition) is 2. The highest BCUT2D eigenvalue weighted by molar-refractivity contribution is 5.76. The summed E-state index contributed by atoms with van der Waals surface area (Å²) in [6.45, 7) is 5.46. The zero-order valence-corrected chi connectivity index (χ0v) is 11.2. The molecule has 98 valence electrons. The molecule has 0 radical (unpaired) electrons. The normalized spacial score (nSPS) is 17.8. The van der Waals surface area contributed by atoms with Gasteiger partial charge in [0.1, 0.15) is 12.4 Å². The summed E-state index contributed by atoms with van der Waals surface area (Å²) >= 11 is 0. The summed E-state index contributed by atoms with van der Waals surface area (Å²) in [6.07, 6.45) is 2.46. The Morgan fingerprint density at radius 1 is 1.39 bits per heavy atom. The lowest BCUT2D eigenvalue weighted by molar-refractivity contribution is -0.134. The molecule has 0 saturated carbocycles. The summed E-state index contributed by atoms with van der Waals surface area (Å²) in [5.74, 6) is 1.19. The lowest BCUT2D eigenvalue weighted by Gasteiger charge is -2.35. The fraction of sp³-hybridized carbons (Fsp3) is 0.533. The summed E-state index contributed by atoms with van der Waals surface area (Å²) < 4.78 is 5.76. The van der Waals surface area contributed by atoms with Crippen molar-refractivity contribution in [3.8, 4) is 5.75 Å². The molecule has 1 amide bonds. The molecule has 1 atom stereocenters. The fourth-order valence-corrected chi connectivity index (χ4v) is 2.47. The van der Waals surface area contributed by atoms with Crippen LogP contribution in [0.4, 0.5) is 0 Å². The molecule has 0 aromatic heterocycles. The molecule has 0 N–H and O–H groups in total. The number of carbonyl (C=O) groups is 1. The molecule has 0 saturated heterocycles. The molecule has 0 fully saturated rings. The SMILES string of the molecule is CCCN(C(=O)CC)[C@@H]1COc2ccccc2C1. The van der Waals surface area contributed by atoms with Gasteiger partial charge in [0.25, 0.3) is 0 Å². The van der Waals surface area contributed by atoms with Crippen molar-refractivity contribution in [1.29, 1.82) is 0 Å². The van der Waals surface area contributed by atoms with E-state index in [2.05, 4.69) is 13.0 Å². The Kier molecular flexibility index (Phi) is 4.24. The lowest BCUT2D eigenvalue weighted by Crippen LogP contribution is -2.46. The van der Waals surface area contributed by atoms with Crippen LogP contribution in [-0.2, 0) is 11.2 Å². The van der Waals surface area contributed by atoms with E-state index in [-0.39, 0.29) is 11.9 Å². The van der Waals surface area contributed by atoms with Crippen molar-refractivity contribution in [1.82, 2.24) is 4.90 Å². The molecular formula is C15H21NO2. The first-order chi connectivity index (χ1) is 8.76. The molecule has 0 spiro atoms. The molecule has 1 aromatic rings. The number of rotatable bonds is 4. The van der Waals surface area contributed by atoms with Gasteiger partial charge in [-0.2, -0.15) is 0 Å². The predicted molar refractivity (Wildman–Crippen MR) is 71.7 cm³/mol. The average molecular weight is 247 g/mol. The van der Waals surface area contributed by atoms with E-state index < -0.39 is 0 Å². The topological polar surface area (TPSA) is 29.5 Å². The minimum Gasteiger partial charge on any atom is -0.491 e. The lowest BCUT2D eigenvalue weighted by atomic mass is 10.0. The largest absolute Gasteiger partial charge is 0.491 e. The molecule has 1 aromatic carbocycles. The summed E-state index contributed by atoms with van der Waals surface area (Å²) in [4.78, 5) is 14.0. The first-order valence-corrected chi connectivity index (χ1v) is 6.76. The summed E-state index contributed by atoms with van der Waals surface area (Å²) in [6, 6.07) is 8.28. The Labute approximate surface area is 109 Å². The zero-order valence-electron chi connectivity index (χ0n) is 11.2. The van der Waals surface area contributed by atoms with Crippen LogP contribution in [0.2, 0.25) is 0 Å². The van der Waals surface area contributed by atoms with Crippen LogP contribution in [0.1, 0.15) is 32.3 Å². The number of fused-ring (bicyclic) bond motifs is 1. The van der Waals surface area contributed by atoms with Crippen LogP contribution in [0.15, 0.2) is 24.3 Å². The summed E-state index contributed by atoms with van der Waals surface area (Å²) in [7, 11) is 0. The first kappa shape index (κ1) is 12.9. The molecule has 1 aliphatic rings. The van der Waals surface area contributed by atoms with Gasteiger partial charge in [-0.05, 0) is 24.5 Å². The minimum absolute atomic E-state index is 0.187. The van der Waals surface area contributed by atoms with E-state index in [0.717, 1.165) is 25.1 Å². The third-order valence-electron chi connectivity index (χ3n) is 3.39. The molecule has 2 rings (SSSR count). The maximum absolute atomic E-state index is 12.0. The van der Waals surface area contributed by atoms with E-state index in [1.165, 1.54) is 5.56 Å². The molecule has 18 heavy (non-hydrogen) atoms. The third-order valence-corrected chi connectivity index (χ3v) is 3.39. The van der Waals surface area contributed by atoms with Crippen molar-refractivity contribution < 1.29 is 9.53 Å². The number of nitrogens with zero attached hydrogens (tertiary/aromatic N) is 1.